The fourth-order valence-corrected chi connectivity index (χ4v) is 1.79. The van der Waals surface area contributed by atoms with Gasteiger partial charge in [0.2, 0.25) is 0 Å². The molecular formula is C13H14N2O3. The van der Waals surface area contributed by atoms with Crippen LogP contribution in [-0.4, -0.2) is 30.7 Å². The van der Waals surface area contributed by atoms with E-state index in [0.717, 1.165) is 17.5 Å². The zero-order valence-corrected chi connectivity index (χ0v) is 10.5. The van der Waals surface area contributed by atoms with Gasteiger partial charge in [-0.2, -0.15) is 5.10 Å². The van der Waals surface area contributed by atoms with Crippen LogP contribution in [0.3, 0.4) is 0 Å². The lowest BCUT2D eigenvalue weighted by Crippen LogP contribution is -1.93. The highest BCUT2D eigenvalue weighted by Crippen LogP contribution is 2.34. The number of hydrogen-bond acceptors (Lipinski definition) is 4. The molecule has 5 heteroatoms. The number of aryl methyl sites for hydroxylation is 1. The molecule has 0 bridgehead atoms. The lowest BCUT2D eigenvalue weighted by molar-refractivity contribution is 0.112. The molecule has 94 valence electrons. The number of ether oxygens (including phenoxy) is 2. The number of aromatic amines is 1. The van der Waals surface area contributed by atoms with Crippen LogP contribution in [0.5, 0.6) is 11.5 Å². The fraction of sp³-hybridized carbons (Fsp3) is 0.231. The molecule has 0 spiro atoms. The normalized spacial score (nSPS) is 10.2. The number of rotatable bonds is 4. The van der Waals surface area contributed by atoms with E-state index in [0.29, 0.717) is 22.8 Å². The summed E-state index contributed by atoms with van der Waals surface area (Å²) in [4.78, 5) is 11.1. The van der Waals surface area contributed by atoms with E-state index in [4.69, 9.17) is 9.47 Å². The maximum Gasteiger partial charge on any atom is 0.154 e. The Morgan fingerprint density at radius 2 is 2.06 bits per heavy atom. The Balaban J connectivity index is 2.64. The van der Waals surface area contributed by atoms with Crippen molar-refractivity contribution in [2.24, 2.45) is 0 Å². The Bertz CT molecular complexity index is 576. The van der Waals surface area contributed by atoms with Gasteiger partial charge >= 0.3 is 0 Å². The zero-order valence-electron chi connectivity index (χ0n) is 10.5. The van der Waals surface area contributed by atoms with Crippen LogP contribution in [0.25, 0.3) is 11.3 Å². The van der Waals surface area contributed by atoms with Gasteiger partial charge in [0, 0.05) is 11.3 Å². The quantitative estimate of drug-likeness (QED) is 0.840. The third-order valence-electron chi connectivity index (χ3n) is 2.77. The Morgan fingerprint density at radius 3 is 2.67 bits per heavy atom. The largest absolute Gasteiger partial charge is 0.497 e. The molecule has 2 aromatic rings. The lowest BCUT2D eigenvalue weighted by atomic mass is 10.1. The molecule has 5 nitrogen and oxygen atoms in total. The number of nitrogens with one attached hydrogen (secondary N) is 1. The Hall–Kier alpha value is -2.30. The van der Waals surface area contributed by atoms with Crippen molar-refractivity contribution in [2.75, 3.05) is 14.2 Å². The zero-order chi connectivity index (χ0) is 13.1. The number of aromatic nitrogens is 2. The molecule has 0 saturated carbocycles. The van der Waals surface area contributed by atoms with Crippen LogP contribution in [0.1, 0.15) is 16.1 Å². The van der Waals surface area contributed by atoms with Crippen molar-refractivity contribution < 1.29 is 14.3 Å². The first kappa shape index (κ1) is 12.2. The van der Waals surface area contributed by atoms with E-state index in [1.807, 2.05) is 0 Å². The minimum Gasteiger partial charge on any atom is -0.497 e. The van der Waals surface area contributed by atoms with Gasteiger partial charge in [0.25, 0.3) is 0 Å². The predicted molar refractivity (Wildman–Crippen MR) is 67.3 cm³/mol. The van der Waals surface area contributed by atoms with Crippen LogP contribution in [0.4, 0.5) is 0 Å². The second-order valence-electron chi connectivity index (χ2n) is 3.79. The van der Waals surface area contributed by atoms with E-state index in [9.17, 15) is 4.79 Å². The van der Waals surface area contributed by atoms with Crippen LogP contribution in [0.2, 0.25) is 0 Å². The van der Waals surface area contributed by atoms with Gasteiger partial charge in [-0.15, -0.1) is 0 Å². The van der Waals surface area contributed by atoms with Gasteiger partial charge in [-0.25, -0.2) is 0 Å². The minimum atomic E-state index is 0.529. The molecule has 0 amide bonds. The summed E-state index contributed by atoms with van der Waals surface area (Å²) in [6, 6.07) is 5.37. The topological polar surface area (TPSA) is 64.2 Å². The number of H-pyrrole nitrogens is 1. The van der Waals surface area contributed by atoms with Gasteiger partial charge in [0.1, 0.15) is 17.2 Å². The summed E-state index contributed by atoms with van der Waals surface area (Å²) in [5, 5.41) is 6.95. The third kappa shape index (κ3) is 1.95. The van der Waals surface area contributed by atoms with E-state index in [2.05, 4.69) is 10.2 Å². The molecule has 1 aromatic carbocycles. The minimum absolute atomic E-state index is 0.529. The monoisotopic (exact) mass is 246 g/mol. The number of aldehydes is 1. The van der Waals surface area contributed by atoms with Gasteiger partial charge in [-0.05, 0) is 25.1 Å². The van der Waals surface area contributed by atoms with E-state index < -0.39 is 0 Å². The third-order valence-corrected chi connectivity index (χ3v) is 2.77. The Kier molecular flexibility index (Phi) is 3.32. The molecule has 0 aliphatic rings. The molecule has 0 aliphatic carbocycles. The van der Waals surface area contributed by atoms with Crippen molar-refractivity contribution in [2.45, 2.75) is 6.92 Å². The van der Waals surface area contributed by atoms with Crippen LogP contribution >= 0.6 is 0 Å². The lowest BCUT2D eigenvalue weighted by Gasteiger charge is -2.09. The number of benzene rings is 1. The summed E-state index contributed by atoms with van der Waals surface area (Å²) in [7, 11) is 3.16. The molecule has 0 unspecified atom stereocenters. The first-order valence-electron chi connectivity index (χ1n) is 5.43. The molecule has 1 heterocycles. The molecule has 0 atom stereocenters. The van der Waals surface area contributed by atoms with Crippen molar-refractivity contribution >= 4 is 6.29 Å². The molecular weight excluding hydrogens is 232 g/mol. The second-order valence-corrected chi connectivity index (χ2v) is 3.79. The number of hydrogen-bond donors (Lipinski definition) is 1. The predicted octanol–water partition coefficient (Wildman–Crippen LogP) is 2.21. The van der Waals surface area contributed by atoms with E-state index in [-0.39, 0.29) is 0 Å². The van der Waals surface area contributed by atoms with E-state index >= 15 is 0 Å². The highest BCUT2D eigenvalue weighted by Gasteiger charge is 2.16. The Labute approximate surface area is 105 Å². The van der Waals surface area contributed by atoms with Crippen molar-refractivity contribution in [3.63, 3.8) is 0 Å². The maximum atomic E-state index is 11.1. The summed E-state index contributed by atoms with van der Waals surface area (Å²) >= 11 is 0. The molecule has 18 heavy (non-hydrogen) atoms. The van der Waals surface area contributed by atoms with Gasteiger partial charge in [0.05, 0.1) is 19.8 Å². The highest BCUT2D eigenvalue weighted by atomic mass is 16.5. The fourth-order valence-electron chi connectivity index (χ4n) is 1.79. The van der Waals surface area contributed by atoms with Crippen LogP contribution in [0.15, 0.2) is 18.2 Å². The van der Waals surface area contributed by atoms with Crippen LogP contribution < -0.4 is 9.47 Å². The summed E-state index contributed by atoms with van der Waals surface area (Å²) in [5.74, 6) is 1.33. The summed E-state index contributed by atoms with van der Waals surface area (Å²) < 4.78 is 10.5. The first-order valence-corrected chi connectivity index (χ1v) is 5.43. The summed E-state index contributed by atoms with van der Waals surface area (Å²) in [6.45, 7) is 1.80. The average Bonchev–Trinajstić information content (AvgIpc) is 2.78. The van der Waals surface area contributed by atoms with Gasteiger partial charge < -0.3 is 9.47 Å². The van der Waals surface area contributed by atoms with Gasteiger partial charge in [-0.3, -0.25) is 9.89 Å². The van der Waals surface area contributed by atoms with Crippen molar-refractivity contribution in [1.82, 2.24) is 10.2 Å². The number of methoxy groups -OCH3 is 2. The average molecular weight is 246 g/mol. The standard InChI is InChI=1S/C13H14N2O3/c1-8-11(7-16)13(15-14-8)10-6-9(17-2)4-5-12(10)18-3/h4-7H,1-3H3,(H,14,15). The van der Waals surface area contributed by atoms with Gasteiger partial charge in [-0.1, -0.05) is 0 Å². The summed E-state index contributed by atoms with van der Waals surface area (Å²) in [5.41, 5.74) is 2.55. The van der Waals surface area contributed by atoms with Crippen molar-refractivity contribution in [1.29, 1.82) is 0 Å². The number of carbonyl (C=O) groups is 1. The van der Waals surface area contributed by atoms with Crippen molar-refractivity contribution in [3.8, 4) is 22.8 Å². The van der Waals surface area contributed by atoms with Crippen LogP contribution in [-0.2, 0) is 0 Å². The SMILES string of the molecule is COc1ccc(OC)c(-c2n[nH]c(C)c2C=O)c1. The number of carbonyl (C=O) groups excluding carboxylic acids is 1. The molecule has 0 fully saturated rings. The van der Waals surface area contributed by atoms with Crippen LogP contribution in [0, 0.1) is 6.92 Å². The molecule has 1 aromatic heterocycles. The Morgan fingerprint density at radius 1 is 1.28 bits per heavy atom. The first-order chi connectivity index (χ1) is 8.71. The molecule has 2 rings (SSSR count). The second kappa shape index (κ2) is 4.91. The highest BCUT2D eigenvalue weighted by molar-refractivity contribution is 5.88. The van der Waals surface area contributed by atoms with E-state index in [1.54, 1.807) is 39.3 Å². The van der Waals surface area contributed by atoms with Crippen molar-refractivity contribution in [3.05, 3.63) is 29.5 Å². The smallest absolute Gasteiger partial charge is 0.154 e. The molecule has 0 radical (unpaired) electrons. The summed E-state index contributed by atoms with van der Waals surface area (Å²) in [6.07, 6.45) is 0.785. The maximum absolute atomic E-state index is 11.1. The molecule has 0 aliphatic heterocycles. The van der Waals surface area contributed by atoms with Gasteiger partial charge in [0.15, 0.2) is 6.29 Å². The molecule has 0 saturated heterocycles. The van der Waals surface area contributed by atoms with E-state index in [1.165, 1.54) is 0 Å². The molecule has 1 N–H and O–H groups in total. The number of nitrogens with zero attached hydrogens (tertiary/aromatic N) is 1.